The zero-order valence-corrected chi connectivity index (χ0v) is 11.0. The maximum Gasteiger partial charge on any atom is 0.432 e. The van der Waals surface area contributed by atoms with Crippen molar-refractivity contribution in [2.75, 3.05) is 7.11 Å². The van der Waals surface area contributed by atoms with E-state index in [1.807, 2.05) is 0 Å². The monoisotopic (exact) mass is 303 g/mol. The lowest BCUT2D eigenvalue weighted by Crippen LogP contribution is -2.13. The first kappa shape index (κ1) is 14.5. The smallest absolute Gasteiger partial charge is 0.432 e. The summed E-state index contributed by atoms with van der Waals surface area (Å²) in [5, 5.41) is 0.463. The highest BCUT2D eigenvalue weighted by Gasteiger charge is 2.38. The number of hydrogen-bond acceptors (Lipinski definition) is 2. The number of carbonyl (C=O) groups excluding carboxylic acids is 1. The Hall–Kier alpha value is -1.95. The van der Waals surface area contributed by atoms with Crippen LogP contribution in [0, 0.1) is 0 Å². The van der Waals surface area contributed by atoms with Crippen molar-refractivity contribution in [1.82, 2.24) is 4.98 Å². The fraction of sp³-hybridized carbons (Fsp3) is 0.154. The van der Waals surface area contributed by atoms with Crippen LogP contribution in [0.1, 0.15) is 16.1 Å². The Morgan fingerprint density at radius 2 is 1.85 bits per heavy atom. The van der Waals surface area contributed by atoms with E-state index < -0.39 is 23.4 Å². The molecule has 0 atom stereocenters. The summed E-state index contributed by atoms with van der Waals surface area (Å²) in [7, 11) is 1.03. The van der Waals surface area contributed by atoms with Gasteiger partial charge < -0.3 is 9.72 Å². The van der Waals surface area contributed by atoms with Crippen LogP contribution in [0.25, 0.3) is 11.3 Å². The van der Waals surface area contributed by atoms with Gasteiger partial charge in [-0.05, 0) is 23.8 Å². The molecule has 20 heavy (non-hydrogen) atoms. The van der Waals surface area contributed by atoms with Crippen LogP contribution < -0.4 is 0 Å². The Kier molecular flexibility index (Phi) is 3.76. The maximum atomic E-state index is 12.9. The van der Waals surface area contributed by atoms with Gasteiger partial charge in [-0.3, -0.25) is 0 Å². The van der Waals surface area contributed by atoms with E-state index in [4.69, 9.17) is 11.6 Å². The van der Waals surface area contributed by atoms with Gasteiger partial charge in [-0.15, -0.1) is 0 Å². The minimum absolute atomic E-state index is 0.161. The number of aromatic amines is 1. The van der Waals surface area contributed by atoms with Crippen LogP contribution in [0.4, 0.5) is 13.2 Å². The summed E-state index contributed by atoms with van der Waals surface area (Å²) in [6.07, 6.45) is -4.67. The van der Waals surface area contributed by atoms with Crippen LogP contribution in [0.3, 0.4) is 0 Å². The fourth-order valence-corrected chi connectivity index (χ4v) is 1.86. The Morgan fingerprint density at radius 3 is 2.35 bits per heavy atom. The lowest BCUT2D eigenvalue weighted by molar-refractivity contribution is -0.141. The molecule has 2 rings (SSSR count). The molecule has 0 aliphatic carbocycles. The second-order valence-corrected chi connectivity index (χ2v) is 4.40. The molecule has 0 spiro atoms. The summed E-state index contributed by atoms with van der Waals surface area (Å²) >= 11 is 5.72. The van der Waals surface area contributed by atoms with Crippen LogP contribution in [0.15, 0.2) is 30.3 Å². The van der Waals surface area contributed by atoms with Crippen molar-refractivity contribution in [3.63, 3.8) is 0 Å². The number of aromatic nitrogens is 1. The molecule has 0 aliphatic heterocycles. The van der Waals surface area contributed by atoms with Crippen molar-refractivity contribution >= 4 is 17.6 Å². The average Bonchev–Trinajstić information content (AvgIpc) is 2.83. The zero-order chi connectivity index (χ0) is 14.9. The van der Waals surface area contributed by atoms with Crippen molar-refractivity contribution in [3.8, 4) is 11.3 Å². The number of alkyl halides is 3. The Labute approximate surface area is 117 Å². The summed E-state index contributed by atoms with van der Waals surface area (Å²) in [4.78, 5) is 13.6. The van der Waals surface area contributed by atoms with Gasteiger partial charge >= 0.3 is 12.1 Å². The third-order valence-corrected chi connectivity index (χ3v) is 2.91. The number of ether oxygens (including phenoxy) is 1. The molecule has 2 aromatic rings. The van der Waals surface area contributed by atoms with E-state index in [-0.39, 0.29) is 5.69 Å². The van der Waals surface area contributed by atoms with Crippen LogP contribution in [-0.4, -0.2) is 18.1 Å². The first-order valence-corrected chi connectivity index (χ1v) is 5.85. The first-order chi connectivity index (χ1) is 9.32. The number of methoxy groups -OCH3 is 1. The fourth-order valence-electron chi connectivity index (χ4n) is 1.73. The van der Waals surface area contributed by atoms with Crippen LogP contribution >= 0.6 is 11.6 Å². The Morgan fingerprint density at radius 1 is 1.25 bits per heavy atom. The van der Waals surface area contributed by atoms with Crippen molar-refractivity contribution in [3.05, 3.63) is 46.6 Å². The third-order valence-electron chi connectivity index (χ3n) is 2.66. The molecular formula is C13H9ClF3NO2. The zero-order valence-electron chi connectivity index (χ0n) is 10.2. The molecule has 1 N–H and O–H groups in total. The second-order valence-electron chi connectivity index (χ2n) is 3.97. The van der Waals surface area contributed by atoms with Crippen molar-refractivity contribution in [2.24, 2.45) is 0 Å². The molecule has 0 fully saturated rings. The predicted molar refractivity (Wildman–Crippen MR) is 67.6 cm³/mol. The maximum absolute atomic E-state index is 12.9. The normalized spacial score (nSPS) is 11.4. The van der Waals surface area contributed by atoms with E-state index in [9.17, 15) is 18.0 Å². The largest absolute Gasteiger partial charge is 0.465 e. The molecule has 0 aliphatic rings. The molecule has 0 radical (unpaired) electrons. The van der Waals surface area contributed by atoms with Gasteiger partial charge in [-0.1, -0.05) is 23.7 Å². The van der Waals surface area contributed by atoms with E-state index in [1.165, 1.54) is 0 Å². The van der Waals surface area contributed by atoms with Gasteiger partial charge in [0.15, 0.2) is 0 Å². The van der Waals surface area contributed by atoms with Gasteiger partial charge in [0.2, 0.25) is 0 Å². The number of H-pyrrole nitrogens is 1. The Bertz CT molecular complexity index is 632. The highest BCUT2D eigenvalue weighted by Crippen LogP contribution is 2.34. The van der Waals surface area contributed by atoms with E-state index in [2.05, 4.69) is 9.72 Å². The molecule has 7 heteroatoms. The van der Waals surface area contributed by atoms with Gasteiger partial charge in [0, 0.05) is 10.7 Å². The van der Waals surface area contributed by atoms with Gasteiger partial charge in [0.25, 0.3) is 0 Å². The van der Waals surface area contributed by atoms with E-state index in [0.29, 0.717) is 10.6 Å². The molecule has 0 bridgehead atoms. The minimum atomic E-state index is -4.67. The lowest BCUT2D eigenvalue weighted by atomic mass is 10.1. The number of esters is 1. The van der Waals surface area contributed by atoms with Crippen molar-refractivity contribution in [1.29, 1.82) is 0 Å². The second kappa shape index (κ2) is 5.20. The molecule has 1 heterocycles. The molecule has 0 amide bonds. The summed E-state index contributed by atoms with van der Waals surface area (Å²) in [5.41, 5.74) is -1.04. The number of halogens is 4. The average molecular weight is 304 g/mol. The standard InChI is InChI=1S/C13H9ClF3NO2/c1-20-12(19)9-6-10(18-11(9)13(15,16)17)7-2-4-8(14)5-3-7/h2-6,18H,1H3. The molecule has 0 saturated carbocycles. The SMILES string of the molecule is COC(=O)c1cc(-c2ccc(Cl)cc2)[nH]c1C(F)(F)F. The summed E-state index contributed by atoms with van der Waals surface area (Å²) in [6, 6.07) is 7.30. The minimum Gasteiger partial charge on any atom is -0.465 e. The topological polar surface area (TPSA) is 42.1 Å². The molecule has 1 aromatic heterocycles. The highest BCUT2D eigenvalue weighted by atomic mass is 35.5. The first-order valence-electron chi connectivity index (χ1n) is 5.47. The molecular weight excluding hydrogens is 295 g/mol. The van der Waals surface area contributed by atoms with Gasteiger partial charge in [0.05, 0.1) is 12.7 Å². The van der Waals surface area contributed by atoms with Crippen LogP contribution in [0.5, 0.6) is 0 Å². The summed E-state index contributed by atoms with van der Waals surface area (Å²) in [6.45, 7) is 0. The number of carbonyl (C=O) groups is 1. The van der Waals surface area contributed by atoms with E-state index >= 15 is 0 Å². The third kappa shape index (κ3) is 2.80. The van der Waals surface area contributed by atoms with Crippen LogP contribution in [-0.2, 0) is 10.9 Å². The molecule has 106 valence electrons. The molecule has 0 saturated heterocycles. The molecule has 0 unspecified atom stereocenters. The Balaban J connectivity index is 2.54. The van der Waals surface area contributed by atoms with Crippen LogP contribution in [0.2, 0.25) is 5.02 Å². The number of hydrogen-bond donors (Lipinski definition) is 1. The molecule has 1 aromatic carbocycles. The highest BCUT2D eigenvalue weighted by molar-refractivity contribution is 6.30. The van der Waals surface area contributed by atoms with Gasteiger partial charge in [0.1, 0.15) is 5.69 Å². The number of rotatable bonds is 2. The summed E-state index contributed by atoms with van der Waals surface area (Å²) in [5.74, 6) is -1.05. The quantitative estimate of drug-likeness (QED) is 0.847. The van der Waals surface area contributed by atoms with Crippen molar-refractivity contribution in [2.45, 2.75) is 6.18 Å². The number of nitrogens with one attached hydrogen (secondary N) is 1. The predicted octanol–water partition coefficient (Wildman–Crippen LogP) is 4.14. The molecule has 3 nitrogen and oxygen atoms in total. The van der Waals surface area contributed by atoms with Gasteiger partial charge in [-0.2, -0.15) is 13.2 Å². The van der Waals surface area contributed by atoms with E-state index in [0.717, 1.165) is 13.2 Å². The lowest BCUT2D eigenvalue weighted by Gasteiger charge is -2.06. The number of benzene rings is 1. The van der Waals surface area contributed by atoms with Crippen molar-refractivity contribution < 1.29 is 22.7 Å². The summed E-state index contributed by atoms with van der Waals surface area (Å²) < 4.78 is 43.0. The van der Waals surface area contributed by atoms with E-state index in [1.54, 1.807) is 24.3 Å². The van der Waals surface area contributed by atoms with Gasteiger partial charge in [-0.25, -0.2) is 4.79 Å².